The van der Waals surface area contributed by atoms with Gasteiger partial charge >= 0.3 is 0 Å². The first kappa shape index (κ1) is 11.5. The molecule has 1 atom stereocenters. The number of hydrogen-bond donors (Lipinski definition) is 2. The number of thioether (sulfide) groups is 1. The number of aromatic nitrogens is 1. The van der Waals surface area contributed by atoms with E-state index in [0.717, 1.165) is 12.2 Å². The van der Waals surface area contributed by atoms with Gasteiger partial charge in [-0.2, -0.15) is 11.8 Å². The van der Waals surface area contributed by atoms with Crippen molar-refractivity contribution in [3.63, 3.8) is 0 Å². The molecule has 0 saturated heterocycles. The maximum atomic E-state index is 5.53. The third-order valence-corrected chi connectivity index (χ3v) is 2.91. The highest BCUT2D eigenvalue weighted by molar-refractivity contribution is 7.98. The Bertz CT molecular complexity index is 278. The van der Waals surface area contributed by atoms with Crippen LogP contribution in [0.3, 0.4) is 0 Å². The smallest absolute Gasteiger partial charge is 0.0485 e. The molecule has 0 fully saturated rings. The minimum absolute atomic E-state index is 0.219. The number of hydrazine groups is 1. The molecule has 14 heavy (non-hydrogen) atoms. The van der Waals surface area contributed by atoms with Gasteiger partial charge in [-0.15, -0.1) is 0 Å². The molecule has 1 aromatic heterocycles. The van der Waals surface area contributed by atoms with Crippen LogP contribution >= 0.6 is 11.8 Å². The first-order chi connectivity index (χ1) is 6.79. The molecule has 0 radical (unpaired) electrons. The second kappa shape index (κ2) is 6.01. The van der Waals surface area contributed by atoms with E-state index in [1.807, 2.05) is 24.0 Å². The number of nitrogens with one attached hydrogen (secondary N) is 1. The first-order valence-corrected chi connectivity index (χ1v) is 6.04. The number of hydrogen-bond acceptors (Lipinski definition) is 4. The van der Waals surface area contributed by atoms with Crippen molar-refractivity contribution in [1.82, 2.24) is 10.4 Å². The van der Waals surface area contributed by atoms with E-state index in [2.05, 4.69) is 23.6 Å². The van der Waals surface area contributed by atoms with Crippen LogP contribution in [-0.4, -0.2) is 17.0 Å². The summed E-state index contributed by atoms with van der Waals surface area (Å²) in [6.07, 6.45) is 6.83. The van der Waals surface area contributed by atoms with Gasteiger partial charge in [-0.3, -0.25) is 16.3 Å². The third-order valence-electron chi connectivity index (χ3n) is 2.27. The minimum Gasteiger partial charge on any atom is -0.271 e. The SMILES string of the molecule is CSCCC(NN)c1cnccc1C. The van der Waals surface area contributed by atoms with E-state index >= 15 is 0 Å². The summed E-state index contributed by atoms with van der Waals surface area (Å²) >= 11 is 1.83. The molecule has 0 bridgehead atoms. The topological polar surface area (TPSA) is 50.9 Å². The Kier molecular flexibility index (Phi) is 4.93. The van der Waals surface area contributed by atoms with Crippen molar-refractivity contribution in [2.75, 3.05) is 12.0 Å². The van der Waals surface area contributed by atoms with E-state index < -0.39 is 0 Å². The highest BCUT2D eigenvalue weighted by Gasteiger charge is 2.11. The lowest BCUT2D eigenvalue weighted by Gasteiger charge is -2.17. The zero-order chi connectivity index (χ0) is 10.4. The highest BCUT2D eigenvalue weighted by atomic mass is 32.2. The predicted molar refractivity (Wildman–Crippen MR) is 62.0 cm³/mol. The highest BCUT2D eigenvalue weighted by Crippen LogP contribution is 2.19. The van der Waals surface area contributed by atoms with E-state index in [1.54, 1.807) is 6.20 Å². The van der Waals surface area contributed by atoms with Crippen LogP contribution in [0.5, 0.6) is 0 Å². The number of nitrogens with two attached hydrogens (primary N) is 1. The van der Waals surface area contributed by atoms with Crippen molar-refractivity contribution in [2.24, 2.45) is 5.84 Å². The molecule has 3 nitrogen and oxygen atoms in total. The Balaban J connectivity index is 2.73. The lowest BCUT2D eigenvalue weighted by Crippen LogP contribution is -2.29. The summed E-state index contributed by atoms with van der Waals surface area (Å²) in [6.45, 7) is 2.08. The average molecular weight is 211 g/mol. The lowest BCUT2D eigenvalue weighted by molar-refractivity contribution is 0.539. The van der Waals surface area contributed by atoms with E-state index in [-0.39, 0.29) is 6.04 Å². The van der Waals surface area contributed by atoms with Crippen LogP contribution in [0, 0.1) is 6.92 Å². The predicted octanol–water partition coefficient (Wildman–Crippen LogP) is 1.65. The van der Waals surface area contributed by atoms with Crippen molar-refractivity contribution in [3.8, 4) is 0 Å². The molecule has 3 N–H and O–H groups in total. The third kappa shape index (κ3) is 2.97. The van der Waals surface area contributed by atoms with Crippen molar-refractivity contribution in [3.05, 3.63) is 29.6 Å². The number of aryl methyl sites for hydroxylation is 1. The fourth-order valence-corrected chi connectivity index (χ4v) is 1.88. The fraction of sp³-hybridized carbons (Fsp3) is 0.500. The van der Waals surface area contributed by atoms with E-state index in [1.165, 1.54) is 11.1 Å². The molecule has 0 spiro atoms. The monoisotopic (exact) mass is 211 g/mol. The Hall–Kier alpha value is -0.580. The molecule has 1 unspecified atom stereocenters. The summed E-state index contributed by atoms with van der Waals surface area (Å²) in [5, 5.41) is 0. The van der Waals surface area contributed by atoms with Crippen molar-refractivity contribution in [2.45, 2.75) is 19.4 Å². The van der Waals surface area contributed by atoms with E-state index in [4.69, 9.17) is 5.84 Å². The van der Waals surface area contributed by atoms with E-state index in [9.17, 15) is 0 Å². The van der Waals surface area contributed by atoms with Crippen molar-refractivity contribution < 1.29 is 0 Å². The van der Waals surface area contributed by atoms with Gasteiger partial charge in [0, 0.05) is 18.4 Å². The molecule has 1 rings (SSSR count). The second-order valence-corrected chi connectivity index (χ2v) is 4.22. The molecule has 0 saturated carbocycles. The summed E-state index contributed by atoms with van der Waals surface area (Å²) in [7, 11) is 0. The number of pyridine rings is 1. The quantitative estimate of drug-likeness (QED) is 0.574. The summed E-state index contributed by atoms with van der Waals surface area (Å²) in [6, 6.07) is 2.23. The number of rotatable bonds is 5. The molecular formula is C10H17N3S. The van der Waals surface area contributed by atoms with Gasteiger partial charge in [0.15, 0.2) is 0 Å². The fourth-order valence-electron chi connectivity index (χ4n) is 1.41. The van der Waals surface area contributed by atoms with Crippen LogP contribution in [0.25, 0.3) is 0 Å². The Labute approximate surface area is 89.5 Å². The van der Waals surface area contributed by atoms with Crippen molar-refractivity contribution >= 4 is 11.8 Å². The maximum absolute atomic E-state index is 5.53. The summed E-state index contributed by atoms with van der Waals surface area (Å²) in [4.78, 5) is 4.12. The summed E-state index contributed by atoms with van der Waals surface area (Å²) < 4.78 is 0. The van der Waals surface area contributed by atoms with Crippen molar-refractivity contribution in [1.29, 1.82) is 0 Å². The maximum Gasteiger partial charge on any atom is 0.0485 e. The van der Waals surface area contributed by atoms with Gasteiger partial charge in [-0.1, -0.05) is 0 Å². The Morgan fingerprint density at radius 3 is 3.00 bits per heavy atom. The van der Waals surface area contributed by atoms with E-state index in [0.29, 0.717) is 0 Å². The average Bonchev–Trinajstić information content (AvgIpc) is 2.21. The molecular weight excluding hydrogens is 194 g/mol. The van der Waals surface area contributed by atoms with Crippen LogP contribution in [0.4, 0.5) is 0 Å². The molecule has 0 aliphatic rings. The van der Waals surface area contributed by atoms with Crippen LogP contribution < -0.4 is 11.3 Å². The standard InChI is InChI=1S/C10H17N3S/c1-8-3-5-12-7-9(8)10(13-11)4-6-14-2/h3,5,7,10,13H,4,6,11H2,1-2H3. The van der Waals surface area contributed by atoms with Crippen LogP contribution in [0.15, 0.2) is 18.5 Å². The lowest BCUT2D eigenvalue weighted by atomic mass is 10.0. The van der Waals surface area contributed by atoms with Gasteiger partial charge in [0.2, 0.25) is 0 Å². The van der Waals surface area contributed by atoms with Crippen LogP contribution in [0.1, 0.15) is 23.6 Å². The summed E-state index contributed by atoms with van der Waals surface area (Å²) in [5.74, 6) is 6.63. The van der Waals surface area contributed by atoms with Crippen LogP contribution in [0.2, 0.25) is 0 Å². The molecule has 0 aromatic carbocycles. The molecule has 0 aliphatic heterocycles. The largest absolute Gasteiger partial charge is 0.271 e. The molecule has 78 valence electrons. The second-order valence-electron chi connectivity index (χ2n) is 3.23. The Morgan fingerprint density at radius 2 is 2.43 bits per heavy atom. The van der Waals surface area contributed by atoms with Gasteiger partial charge in [0.1, 0.15) is 0 Å². The van der Waals surface area contributed by atoms with Gasteiger partial charge < -0.3 is 0 Å². The molecule has 0 amide bonds. The van der Waals surface area contributed by atoms with Gasteiger partial charge in [-0.05, 0) is 42.5 Å². The number of nitrogens with zero attached hydrogens (tertiary/aromatic N) is 1. The van der Waals surface area contributed by atoms with Gasteiger partial charge in [0.05, 0.1) is 0 Å². The summed E-state index contributed by atoms with van der Waals surface area (Å²) in [5.41, 5.74) is 5.28. The van der Waals surface area contributed by atoms with Gasteiger partial charge in [-0.25, -0.2) is 0 Å². The van der Waals surface area contributed by atoms with Crippen LogP contribution in [-0.2, 0) is 0 Å². The normalized spacial score (nSPS) is 12.8. The molecule has 1 heterocycles. The molecule has 4 heteroatoms. The minimum atomic E-state index is 0.219. The molecule has 0 aliphatic carbocycles. The zero-order valence-corrected chi connectivity index (χ0v) is 9.47. The first-order valence-electron chi connectivity index (χ1n) is 4.65. The zero-order valence-electron chi connectivity index (χ0n) is 8.66. The Morgan fingerprint density at radius 1 is 1.64 bits per heavy atom. The molecule has 1 aromatic rings. The van der Waals surface area contributed by atoms with Gasteiger partial charge in [0.25, 0.3) is 0 Å².